The molecule has 10 heteroatoms. The van der Waals surface area contributed by atoms with E-state index in [0.29, 0.717) is 30.0 Å². The molecule has 1 atom stereocenters. The van der Waals surface area contributed by atoms with Crippen LogP contribution in [-0.4, -0.2) is 49.1 Å². The summed E-state index contributed by atoms with van der Waals surface area (Å²) in [6.45, 7) is 4.83. The Labute approximate surface area is 216 Å². The van der Waals surface area contributed by atoms with E-state index in [1.807, 2.05) is 42.3 Å². The molecular weight excluding hydrogens is 486 g/mol. The highest BCUT2D eigenvalue weighted by molar-refractivity contribution is 5.99. The molecule has 0 aromatic heterocycles. The zero-order valence-corrected chi connectivity index (χ0v) is 21.5. The minimum Gasteiger partial charge on any atom is -0.466 e. The zero-order chi connectivity index (χ0) is 25.5. The van der Waals surface area contributed by atoms with Gasteiger partial charge in [0.2, 0.25) is 0 Å². The minimum atomic E-state index is -0.793. The van der Waals surface area contributed by atoms with E-state index < -0.39 is 22.8 Å². The number of ether oxygens (including phenoxy) is 2. The van der Waals surface area contributed by atoms with Crippen molar-refractivity contribution in [3.05, 3.63) is 98.4 Å². The Morgan fingerprint density at radius 3 is 2.14 bits per heavy atom. The number of rotatable bonds is 9. The van der Waals surface area contributed by atoms with Gasteiger partial charge in [-0.15, -0.1) is 12.4 Å². The predicted octanol–water partition coefficient (Wildman–Crippen LogP) is 4.10. The van der Waals surface area contributed by atoms with E-state index in [0.717, 1.165) is 5.56 Å². The lowest BCUT2D eigenvalue weighted by atomic mass is 9.80. The van der Waals surface area contributed by atoms with Crippen molar-refractivity contribution in [2.45, 2.75) is 26.3 Å². The summed E-state index contributed by atoms with van der Waals surface area (Å²) < 4.78 is 10.6. The number of non-ortho nitro benzene ring substituents is 1. The van der Waals surface area contributed by atoms with Gasteiger partial charge in [0.25, 0.3) is 5.69 Å². The second kappa shape index (κ2) is 12.9. The Balaban J connectivity index is 0.00000456. The molecule has 0 saturated carbocycles. The molecular formula is C26H30ClN3O6. The Hall–Kier alpha value is -3.69. The van der Waals surface area contributed by atoms with Crippen LogP contribution in [0, 0.1) is 10.1 Å². The van der Waals surface area contributed by atoms with Crippen LogP contribution in [0.1, 0.15) is 30.9 Å². The van der Waals surface area contributed by atoms with E-state index in [-0.39, 0.29) is 35.8 Å². The number of nitro benzene ring substituents is 1. The third-order valence-corrected chi connectivity index (χ3v) is 5.82. The number of carbonyl (C=O) groups excluding carboxylic acids is 2. The lowest BCUT2D eigenvalue weighted by Crippen LogP contribution is -2.33. The zero-order valence-electron chi connectivity index (χ0n) is 20.6. The monoisotopic (exact) mass is 515 g/mol. The summed E-state index contributed by atoms with van der Waals surface area (Å²) in [5.74, 6) is -1.96. The second-order valence-electron chi connectivity index (χ2n) is 8.33. The molecule has 2 aromatic rings. The van der Waals surface area contributed by atoms with E-state index in [2.05, 4.69) is 5.32 Å². The number of likely N-dealkylation sites (N-methyl/N-ethyl adjacent to an activating group) is 1. The third kappa shape index (κ3) is 6.71. The van der Waals surface area contributed by atoms with E-state index in [9.17, 15) is 19.7 Å². The summed E-state index contributed by atoms with van der Waals surface area (Å²) in [6, 6.07) is 15.7. The maximum Gasteiger partial charge on any atom is 0.336 e. The summed E-state index contributed by atoms with van der Waals surface area (Å²) >= 11 is 0. The molecule has 2 aromatic carbocycles. The predicted molar refractivity (Wildman–Crippen MR) is 137 cm³/mol. The fourth-order valence-corrected chi connectivity index (χ4v) is 4.11. The smallest absolute Gasteiger partial charge is 0.336 e. The highest BCUT2D eigenvalue weighted by Crippen LogP contribution is 2.39. The minimum absolute atomic E-state index is 0. The molecule has 0 radical (unpaired) electrons. The van der Waals surface area contributed by atoms with Gasteiger partial charge in [-0.25, -0.2) is 9.59 Å². The fraction of sp³-hybridized carbons (Fsp3) is 0.308. The van der Waals surface area contributed by atoms with Gasteiger partial charge in [0.05, 0.1) is 29.1 Å². The van der Waals surface area contributed by atoms with Crippen molar-refractivity contribution in [1.82, 2.24) is 10.2 Å². The van der Waals surface area contributed by atoms with Crippen LogP contribution in [0.15, 0.2) is 77.1 Å². The first-order chi connectivity index (χ1) is 16.7. The van der Waals surface area contributed by atoms with Gasteiger partial charge in [-0.1, -0.05) is 42.5 Å². The van der Waals surface area contributed by atoms with Gasteiger partial charge in [-0.2, -0.15) is 0 Å². The molecule has 1 aliphatic rings. The summed E-state index contributed by atoms with van der Waals surface area (Å²) in [4.78, 5) is 38.6. The van der Waals surface area contributed by atoms with Crippen LogP contribution in [0.2, 0.25) is 0 Å². The number of hydrogen-bond acceptors (Lipinski definition) is 8. The SMILES string of the molecule is COC(=O)C1=C(C)NC(C)=C(C(=O)OCCN(C)Cc2ccccc2)[C@H]1c1ccc([N+](=O)[O-])cc1.Cl. The summed E-state index contributed by atoms with van der Waals surface area (Å²) in [7, 11) is 3.20. The van der Waals surface area contributed by atoms with Gasteiger partial charge in [-0.05, 0) is 32.0 Å². The highest BCUT2D eigenvalue weighted by Gasteiger charge is 2.38. The normalized spacial score (nSPS) is 15.2. The number of nitro groups is 1. The number of carbonyl (C=O) groups is 2. The maximum absolute atomic E-state index is 13.2. The van der Waals surface area contributed by atoms with E-state index in [4.69, 9.17) is 9.47 Å². The van der Waals surface area contributed by atoms with Gasteiger partial charge in [0.1, 0.15) is 6.61 Å². The van der Waals surface area contributed by atoms with E-state index >= 15 is 0 Å². The van der Waals surface area contributed by atoms with Crippen molar-refractivity contribution >= 4 is 30.0 Å². The van der Waals surface area contributed by atoms with Crippen LogP contribution in [0.5, 0.6) is 0 Å². The molecule has 9 nitrogen and oxygen atoms in total. The van der Waals surface area contributed by atoms with Crippen molar-refractivity contribution in [3.8, 4) is 0 Å². The van der Waals surface area contributed by atoms with Gasteiger partial charge in [0, 0.05) is 36.6 Å². The number of benzene rings is 2. The van der Waals surface area contributed by atoms with Crippen LogP contribution in [0.25, 0.3) is 0 Å². The molecule has 1 aliphatic heterocycles. The first-order valence-electron chi connectivity index (χ1n) is 11.1. The van der Waals surface area contributed by atoms with Crippen molar-refractivity contribution in [1.29, 1.82) is 0 Å². The van der Waals surface area contributed by atoms with Crippen LogP contribution in [-0.2, 0) is 25.6 Å². The van der Waals surface area contributed by atoms with Crippen LogP contribution >= 0.6 is 12.4 Å². The van der Waals surface area contributed by atoms with Gasteiger partial charge < -0.3 is 14.8 Å². The van der Waals surface area contributed by atoms with Crippen molar-refractivity contribution in [2.75, 3.05) is 27.3 Å². The second-order valence-corrected chi connectivity index (χ2v) is 8.33. The highest BCUT2D eigenvalue weighted by atomic mass is 35.5. The fourth-order valence-electron chi connectivity index (χ4n) is 4.11. The first kappa shape index (κ1) is 28.5. The molecule has 0 amide bonds. The lowest BCUT2D eigenvalue weighted by molar-refractivity contribution is -0.384. The molecule has 3 rings (SSSR count). The summed E-state index contributed by atoms with van der Waals surface area (Å²) in [6.07, 6.45) is 0. The Morgan fingerprint density at radius 2 is 1.58 bits per heavy atom. The first-order valence-corrected chi connectivity index (χ1v) is 11.1. The summed E-state index contributed by atoms with van der Waals surface area (Å²) in [5.41, 5.74) is 3.20. The number of nitrogens with one attached hydrogen (secondary N) is 1. The summed E-state index contributed by atoms with van der Waals surface area (Å²) in [5, 5.41) is 14.2. The number of dihydropyridines is 1. The quantitative estimate of drug-likeness (QED) is 0.302. The van der Waals surface area contributed by atoms with Crippen molar-refractivity contribution < 1.29 is 24.0 Å². The molecule has 0 spiro atoms. The average Bonchev–Trinajstić information content (AvgIpc) is 2.83. The lowest BCUT2D eigenvalue weighted by Gasteiger charge is -2.30. The Bertz CT molecular complexity index is 1160. The molecule has 1 N–H and O–H groups in total. The van der Waals surface area contributed by atoms with E-state index in [1.165, 1.54) is 19.2 Å². The Kier molecular flexibility index (Phi) is 10.2. The molecule has 0 bridgehead atoms. The number of allylic oxidation sites excluding steroid dienone is 2. The average molecular weight is 516 g/mol. The largest absolute Gasteiger partial charge is 0.466 e. The van der Waals surface area contributed by atoms with Crippen molar-refractivity contribution in [2.24, 2.45) is 0 Å². The topological polar surface area (TPSA) is 111 Å². The van der Waals surface area contributed by atoms with Crippen LogP contribution < -0.4 is 5.32 Å². The molecule has 36 heavy (non-hydrogen) atoms. The molecule has 0 unspecified atom stereocenters. The van der Waals surface area contributed by atoms with Crippen LogP contribution in [0.4, 0.5) is 5.69 Å². The molecule has 192 valence electrons. The number of esters is 2. The van der Waals surface area contributed by atoms with Gasteiger partial charge >= 0.3 is 11.9 Å². The van der Waals surface area contributed by atoms with Crippen LogP contribution in [0.3, 0.4) is 0 Å². The number of methoxy groups -OCH3 is 1. The maximum atomic E-state index is 13.2. The molecule has 0 fully saturated rings. The Morgan fingerprint density at radius 1 is 1.00 bits per heavy atom. The van der Waals surface area contributed by atoms with E-state index in [1.54, 1.807) is 26.0 Å². The van der Waals surface area contributed by atoms with Gasteiger partial charge in [-0.3, -0.25) is 15.0 Å². The molecule has 0 saturated heterocycles. The molecule has 0 aliphatic carbocycles. The number of hydrogen-bond donors (Lipinski definition) is 1. The number of halogens is 1. The van der Waals surface area contributed by atoms with Gasteiger partial charge in [0.15, 0.2) is 0 Å². The van der Waals surface area contributed by atoms with Crippen molar-refractivity contribution in [3.63, 3.8) is 0 Å². The third-order valence-electron chi connectivity index (χ3n) is 5.82. The number of nitrogens with zero attached hydrogens (tertiary/aromatic N) is 2. The molecule has 1 heterocycles. The standard InChI is InChI=1S/C26H29N3O6.ClH/c1-17-22(25(30)34-4)24(20-10-12-21(13-11-20)29(32)33)23(18(2)27-17)26(31)35-15-14-28(3)16-19-8-6-5-7-9-19;/h5-13,24,27H,14-16H2,1-4H3;1H/t24-;/m0./s1.